The maximum absolute atomic E-state index is 13.3. The standard InChI is InChI=1S/C12H13F5N2O/c1-5(18)3-2-4-19-12(20)6-7(13)9(15)11(17)10(16)8(6)14/h5H,2-4,18H2,1H3,(H,19,20). The van der Waals surface area contributed by atoms with Crippen molar-refractivity contribution in [3.63, 3.8) is 0 Å². The van der Waals surface area contributed by atoms with E-state index in [1.165, 1.54) is 0 Å². The van der Waals surface area contributed by atoms with Crippen molar-refractivity contribution < 1.29 is 26.7 Å². The summed E-state index contributed by atoms with van der Waals surface area (Å²) in [6.45, 7) is 1.74. The predicted octanol–water partition coefficient (Wildman–Crippen LogP) is 2.24. The molecule has 1 rings (SSSR count). The van der Waals surface area contributed by atoms with Gasteiger partial charge < -0.3 is 11.1 Å². The average molecular weight is 296 g/mol. The van der Waals surface area contributed by atoms with Gasteiger partial charge in [-0.2, -0.15) is 0 Å². The first-order valence-corrected chi connectivity index (χ1v) is 5.82. The summed E-state index contributed by atoms with van der Waals surface area (Å²) in [5.41, 5.74) is 3.97. The van der Waals surface area contributed by atoms with Gasteiger partial charge in [0.2, 0.25) is 5.82 Å². The summed E-state index contributed by atoms with van der Waals surface area (Å²) in [4.78, 5) is 11.5. The topological polar surface area (TPSA) is 55.1 Å². The number of hydrogen-bond acceptors (Lipinski definition) is 2. The molecule has 3 N–H and O–H groups in total. The molecule has 0 aliphatic heterocycles. The maximum Gasteiger partial charge on any atom is 0.257 e. The highest BCUT2D eigenvalue weighted by molar-refractivity contribution is 5.94. The van der Waals surface area contributed by atoms with Crippen LogP contribution in [0.15, 0.2) is 0 Å². The maximum atomic E-state index is 13.3. The second kappa shape index (κ2) is 6.65. The Bertz CT molecular complexity index is 490. The number of hydrogen-bond donors (Lipinski definition) is 2. The van der Waals surface area contributed by atoms with Crippen LogP contribution in [0.3, 0.4) is 0 Å². The van der Waals surface area contributed by atoms with E-state index >= 15 is 0 Å². The minimum Gasteiger partial charge on any atom is -0.352 e. The summed E-state index contributed by atoms with van der Waals surface area (Å²) < 4.78 is 65.2. The fourth-order valence-electron chi connectivity index (χ4n) is 1.52. The third kappa shape index (κ3) is 3.44. The van der Waals surface area contributed by atoms with Crippen molar-refractivity contribution in [1.82, 2.24) is 5.32 Å². The Morgan fingerprint density at radius 1 is 1.05 bits per heavy atom. The van der Waals surface area contributed by atoms with Gasteiger partial charge in [-0.3, -0.25) is 4.79 Å². The van der Waals surface area contributed by atoms with Crippen LogP contribution in [0, 0.1) is 29.1 Å². The summed E-state index contributed by atoms with van der Waals surface area (Å²) in [7, 11) is 0. The first-order valence-electron chi connectivity index (χ1n) is 5.82. The first kappa shape index (κ1) is 16.4. The quantitative estimate of drug-likeness (QED) is 0.379. The van der Waals surface area contributed by atoms with Crippen LogP contribution < -0.4 is 11.1 Å². The van der Waals surface area contributed by atoms with Crippen molar-refractivity contribution in [1.29, 1.82) is 0 Å². The van der Waals surface area contributed by atoms with Gasteiger partial charge in [0.1, 0.15) is 5.56 Å². The van der Waals surface area contributed by atoms with Crippen LogP contribution in [0.1, 0.15) is 30.1 Å². The third-order valence-corrected chi connectivity index (χ3v) is 2.56. The lowest BCUT2D eigenvalue weighted by molar-refractivity contribution is 0.0941. The number of carbonyl (C=O) groups excluding carboxylic acids is 1. The minimum absolute atomic E-state index is 0.0138. The molecule has 0 aliphatic rings. The van der Waals surface area contributed by atoms with Gasteiger partial charge in [0.15, 0.2) is 23.3 Å². The Morgan fingerprint density at radius 2 is 1.50 bits per heavy atom. The summed E-state index contributed by atoms with van der Waals surface area (Å²) in [5, 5.41) is 2.08. The molecule has 3 nitrogen and oxygen atoms in total. The highest BCUT2D eigenvalue weighted by Gasteiger charge is 2.29. The van der Waals surface area contributed by atoms with E-state index in [-0.39, 0.29) is 12.6 Å². The molecule has 0 saturated heterocycles. The van der Waals surface area contributed by atoms with E-state index in [1.54, 1.807) is 6.92 Å². The molecular weight excluding hydrogens is 283 g/mol. The summed E-state index contributed by atoms with van der Waals surface area (Å²) >= 11 is 0. The number of nitrogens with one attached hydrogen (secondary N) is 1. The molecule has 0 saturated carbocycles. The Hall–Kier alpha value is -1.70. The van der Waals surface area contributed by atoms with Gasteiger partial charge in [-0.15, -0.1) is 0 Å². The number of carbonyl (C=O) groups is 1. The van der Waals surface area contributed by atoms with E-state index in [4.69, 9.17) is 5.73 Å². The van der Waals surface area contributed by atoms with Crippen molar-refractivity contribution >= 4 is 5.91 Å². The van der Waals surface area contributed by atoms with Crippen LogP contribution >= 0.6 is 0 Å². The van der Waals surface area contributed by atoms with Crippen LogP contribution in [-0.2, 0) is 0 Å². The molecule has 20 heavy (non-hydrogen) atoms. The highest BCUT2D eigenvalue weighted by atomic mass is 19.2. The molecule has 1 aromatic rings. The second-order valence-corrected chi connectivity index (χ2v) is 4.32. The molecule has 1 aromatic carbocycles. The monoisotopic (exact) mass is 296 g/mol. The van der Waals surface area contributed by atoms with E-state index in [9.17, 15) is 26.7 Å². The fraction of sp³-hybridized carbons (Fsp3) is 0.417. The largest absolute Gasteiger partial charge is 0.352 e. The number of nitrogens with two attached hydrogens (primary N) is 1. The first-order chi connectivity index (χ1) is 9.27. The van der Waals surface area contributed by atoms with Gasteiger partial charge in [-0.05, 0) is 19.8 Å². The third-order valence-electron chi connectivity index (χ3n) is 2.56. The molecule has 0 fully saturated rings. The Balaban J connectivity index is 2.89. The Labute approximate surface area is 112 Å². The van der Waals surface area contributed by atoms with E-state index in [2.05, 4.69) is 5.32 Å². The van der Waals surface area contributed by atoms with Crippen molar-refractivity contribution in [3.05, 3.63) is 34.6 Å². The molecule has 0 heterocycles. The fourth-order valence-corrected chi connectivity index (χ4v) is 1.52. The van der Waals surface area contributed by atoms with Gasteiger partial charge in [0, 0.05) is 12.6 Å². The van der Waals surface area contributed by atoms with Crippen LogP contribution in [-0.4, -0.2) is 18.5 Å². The smallest absolute Gasteiger partial charge is 0.257 e. The molecule has 1 atom stereocenters. The zero-order chi connectivity index (χ0) is 15.4. The average Bonchev–Trinajstić information content (AvgIpc) is 2.39. The molecule has 0 bridgehead atoms. The lowest BCUT2D eigenvalue weighted by Gasteiger charge is -2.09. The van der Waals surface area contributed by atoms with E-state index in [0.29, 0.717) is 12.8 Å². The molecule has 1 amide bonds. The summed E-state index contributed by atoms with van der Waals surface area (Å²) in [5.74, 6) is -12.2. The van der Waals surface area contributed by atoms with Crippen molar-refractivity contribution in [2.45, 2.75) is 25.8 Å². The van der Waals surface area contributed by atoms with Crippen LogP contribution in [0.25, 0.3) is 0 Å². The van der Waals surface area contributed by atoms with Crippen molar-refractivity contribution in [3.8, 4) is 0 Å². The summed E-state index contributed by atoms with van der Waals surface area (Å²) in [6, 6.07) is -0.124. The number of rotatable bonds is 5. The number of halogens is 5. The van der Waals surface area contributed by atoms with Crippen LogP contribution in [0.5, 0.6) is 0 Å². The zero-order valence-corrected chi connectivity index (χ0v) is 10.6. The molecule has 1 unspecified atom stereocenters. The van der Waals surface area contributed by atoms with Crippen LogP contribution in [0.4, 0.5) is 22.0 Å². The van der Waals surface area contributed by atoms with Crippen molar-refractivity contribution in [2.75, 3.05) is 6.54 Å². The van der Waals surface area contributed by atoms with Gasteiger partial charge in [-0.25, -0.2) is 22.0 Å². The van der Waals surface area contributed by atoms with Gasteiger partial charge in [-0.1, -0.05) is 0 Å². The molecule has 0 spiro atoms. The summed E-state index contributed by atoms with van der Waals surface area (Å²) in [6.07, 6.45) is 0.955. The lowest BCUT2D eigenvalue weighted by atomic mass is 10.1. The normalized spacial score (nSPS) is 12.3. The molecule has 0 aliphatic carbocycles. The minimum atomic E-state index is -2.30. The van der Waals surface area contributed by atoms with Crippen LogP contribution in [0.2, 0.25) is 0 Å². The highest BCUT2D eigenvalue weighted by Crippen LogP contribution is 2.22. The molecule has 0 radical (unpaired) electrons. The zero-order valence-electron chi connectivity index (χ0n) is 10.6. The van der Waals surface area contributed by atoms with E-state index < -0.39 is 40.6 Å². The Kier molecular flexibility index (Phi) is 5.43. The molecule has 112 valence electrons. The Morgan fingerprint density at radius 3 is 1.95 bits per heavy atom. The second-order valence-electron chi connectivity index (χ2n) is 4.32. The molecular formula is C12H13F5N2O. The number of amides is 1. The molecule has 8 heteroatoms. The number of benzene rings is 1. The lowest BCUT2D eigenvalue weighted by Crippen LogP contribution is -2.29. The van der Waals surface area contributed by atoms with Gasteiger partial charge >= 0.3 is 0 Å². The van der Waals surface area contributed by atoms with E-state index in [1.807, 2.05) is 0 Å². The molecule has 0 aromatic heterocycles. The van der Waals surface area contributed by atoms with Gasteiger partial charge in [0.25, 0.3) is 5.91 Å². The van der Waals surface area contributed by atoms with Gasteiger partial charge in [0.05, 0.1) is 0 Å². The predicted molar refractivity (Wildman–Crippen MR) is 61.4 cm³/mol. The van der Waals surface area contributed by atoms with E-state index in [0.717, 1.165) is 0 Å². The SMILES string of the molecule is CC(N)CCCNC(=O)c1c(F)c(F)c(F)c(F)c1F. The van der Waals surface area contributed by atoms with Crippen molar-refractivity contribution in [2.24, 2.45) is 5.73 Å².